The van der Waals surface area contributed by atoms with Gasteiger partial charge in [-0.25, -0.2) is 4.79 Å². The van der Waals surface area contributed by atoms with Gasteiger partial charge < -0.3 is 15.4 Å². The minimum Gasteiger partial charge on any atom is -0.445 e. The van der Waals surface area contributed by atoms with Gasteiger partial charge in [-0.3, -0.25) is 4.79 Å². The molecule has 0 spiro atoms. The minimum atomic E-state index is -0.617. The van der Waals surface area contributed by atoms with Crippen LogP contribution in [0.25, 0.3) is 0 Å². The molecule has 2 atom stereocenters. The molecule has 1 saturated heterocycles. The predicted molar refractivity (Wildman–Crippen MR) is 66.2 cm³/mol. The van der Waals surface area contributed by atoms with E-state index in [2.05, 4.69) is 10.6 Å². The van der Waals surface area contributed by atoms with Crippen molar-refractivity contribution in [2.24, 2.45) is 0 Å². The third kappa shape index (κ3) is 2.92. The first kappa shape index (κ1) is 12.7. The normalized spacial score (nSPS) is 21.7. The molecule has 96 valence electrons. The largest absolute Gasteiger partial charge is 0.445 e. The molecule has 5 nitrogen and oxygen atoms in total. The standard InChI is InChI=1S/C12H13ClN2O3/c13-6-9-10(11(16)14-9)15-12(17)18-7-8-4-2-1-3-5-8/h1-5,9-10H,6-7H2,(H,14,16)(H,15,17). The van der Waals surface area contributed by atoms with Crippen molar-refractivity contribution < 1.29 is 14.3 Å². The Bertz CT molecular complexity index is 438. The predicted octanol–water partition coefficient (Wildman–Crippen LogP) is 1.02. The molecule has 0 aliphatic carbocycles. The summed E-state index contributed by atoms with van der Waals surface area (Å²) in [6.45, 7) is 0.173. The fraction of sp³-hybridized carbons (Fsp3) is 0.333. The van der Waals surface area contributed by atoms with Crippen LogP contribution in [0.4, 0.5) is 4.79 Å². The van der Waals surface area contributed by atoms with Gasteiger partial charge in [0.15, 0.2) is 0 Å². The van der Waals surface area contributed by atoms with E-state index in [1.807, 2.05) is 30.3 Å². The quantitative estimate of drug-likeness (QED) is 0.633. The van der Waals surface area contributed by atoms with Crippen LogP contribution in [0.1, 0.15) is 5.56 Å². The summed E-state index contributed by atoms with van der Waals surface area (Å²) >= 11 is 5.61. The van der Waals surface area contributed by atoms with Gasteiger partial charge in [0.2, 0.25) is 5.91 Å². The van der Waals surface area contributed by atoms with E-state index < -0.39 is 12.1 Å². The summed E-state index contributed by atoms with van der Waals surface area (Å²) in [5.41, 5.74) is 0.889. The number of halogens is 1. The van der Waals surface area contributed by atoms with Crippen LogP contribution in [0.3, 0.4) is 0 Å². The summed E-state index contributed by atoms with van der Waals surface area (Å²) < 4.78 is 5.00. The van der Waals surface area contributed by atoms with Crippen molar-refractivity contribution in [1.82, 2.24) is 10.6 Å². The number of β-lactam (4-membered cyclic amide) rings is 1. The van der Waals surface area contributed by atoms with Crippen LogP contribution in [0.2, 0.25) is 0 Å². The molecule has 0 saturated carbocycles. The summed E-state index contributed by atoms with van der Waals surface area (Å²) in [6, 6.07) is 8.50. The molecule has 2 unspecified atom stereocenters. The lowest BCUT2D eigenvalue weighted by atomic mass is 10.0. The summed E-state index contributed by atoms with van der Waals surface area (Å²) in [7, 11) is 0. The van der Waals surface area contributed by atoms with Gasteiger partial charge in [0.05, 0.1) is 6.04 Å². The highest BCUT2D eigenvalue weighted by Gasteiger charge is 2.39. The van der Waals surface area contributed by atoms with Crippen molar-refractivity contribution in [1.29, 1.82) is 0 Å². The molecular weight excluding hydrogens is 256 g/mol. The van der Waals surface area contributed by atoms with Crippen LogP contribution in [0.15, 0.2) is 30.3 Å². The number of rotatable bonds is 4. The Morgan fingerprint density at radius 2 is 2.11 bits per heavy atom. The van der Waals surface area contributed by atoms with E-state index in [0.717, 1.165) is 5.56 Å². The molecule has 0 bridgehead atoms. The molecule has 2 N–H and O–H groups in total. The highest BCUT2D eigenvalue weighted by molar-refractivity contribution is 6.19. The maximum absolute atomic E-state index is 11.5. The Kier molecular flexibility index (Phi) is 4.04. The Morgan fingerprint density at radius 3 is 2.72 bits per heavy atom. The fourth-order valence-electron chi connectivity index (χ4n) is 1.63. The second-order valence-corrected chi connectivity index (χ2v) is 4.26. The van der Waals surface area contributed by atoms with Crippen LogP contribution in [-0.2, 0) is 16.1 Å². The molecule has 1 heterocycles. The van der Waals surface area contributed by atoms with Gasteiger partial charge >= 0.3 is 6.09 Å². The van der Waals surface area contributed by atoms with E-state index in [-0.39, 0.29) is 24.4 Å². The van der Waals surface area contributed by atoms with E-state index in [0.29, 0.717) is 0 Å². The minimum absolute atomic E-state index is 0.173. The second kappa shape index (κ2) is 5.73. The van der Waals surface area contributed by atoms with Crippen LogP contribution in [0, 0.1) is 0 Å². The smallest absolute Gasteiger partial charge is 0.408 e. The third-order valence-electron chi connectivity index (χ3n) is 2.66. The van der Waals surface area contributed by atoms with Crippen LogP contribution >= 0.6 is 11.6 Å². The number of carbonyl (C=O) groups excluding carboxylic acids is 2. The van der Waals surface area contributed by atoms with Gasteiger partial charge in [0, 0.05) is 5.88 Å². The molecule has 1 aliphatic heterocycles. The SMILES string of the molecule is O=C(NC1C(=O)NC1CCl)OCc1ccccc1. The molecule has 0 radical (unpaired) electrons. The maximum atomic E-state index is 11.5. The molecule has 6 heteroatoms. The van der Waals surface area contributed by atoms with Gasteiger partial charge in [0.25, 0.3) is 0 Å². The number of benzene rings is 1. The van der Waals surface area contributed by atoms with E-state index in [1.54, 1.807) is 0 Å². The summed E-state index contributed by atoms with van der Waals surface area (Å²) in [5, 5.41) is 5.06. The third-order valence-corrected chi connectivity index (χ3v) is 3.00. The van der Waals surface area contributed by atoms with Gasteiger partial charge in [-0.2, -0.15) is 0 Å². The van der Waals surface area contributed by atoms with E-state index in [9.17, 15) is 9.59 Å². The summed E-state index contributed by atoms with van der Waals surface area (Å²) in [4.78, 5) is 22.6. The first-order valence-electron chi connectivity index (χ1n) is 5.54. The van der Waals surface area contributed by atoms with Crippen molar-refractivity contribution in [3.05, 3.63) is 35.9 Å². The fourth-order valence-corrected chi connectivity index (χ4v) is 1.88. The van der Waals surface area contributed by atoms with Crippen molar-refractivity contribution >= 4 is 23.6 Å². The first-order valence-corrected chi connectivity index (χ1v) is 6.07. The number of amides is 2. The monoisotopic (exact) mass is 268 g/mol. The average Bonchev–Trinajstić information content (AvgIpc) is 2.41. The molecular formula is C12H13ClN2O3. The molecule has 18 heavy (non-hydrogen) atoms. The molecule has 0 aromatic heterocycles. The summed E-state index contributed by atoms with van der Waals surface area (Å²) in [5.74, 6) is 0.0207. The average molecular weight is 269 g/mol. The van der Waals surface area contributed by atoms with E-state index in [1.165, 1.54) is 0 Å². The van der Waals surface area contributed by atoms with Gasteiger partial charge in [-0.1, -0.05) is 30.3 Å². The number of hydrogen-bond donors (Lipinski definition) is 2. The van der Waals surface area contributed by atoms with E-state index in [4.69, 9.17) is 16.3 Å². The zero-order valence-electron chi connectivity index (χ0n) is 9.56. The molecule has 2 amide bonds. The van der Waals surface area contributed by atoms with Crippen molar-refractivity contribution in [3.8, 4) is 0 Å². The lowest BCUT2D eigenvalue weighted by molar-refractivity contribution is -0.130. The molecule has 1 aromatic carbocycles. The van der Waals surface area contributed by atoms with Crippen molar-refractivity contribution in [2.75, 3.05) is 5.88 Å². The number of nitrogens with one attached hydrogen (secondary N) is 2. The van der Waals surface area contributed by atoms with Crippen molar-refractivity contribution in [2.45, 2.75) is 18.7 Å². The zero-order chi connectivity index (χ0) is 13.0. The topological polar surface area (TPSA) is 67.4 Å². The molecule has 1 aromatic rings. The molecule has 1 aliphatic rings. The Labute approximate surface area is 109 Å². The van der Waals surface area contributed by atoms with Gasteiger partial charge in [-0.15, -0.1) is 11.6 Å². The van der Waals surface area contributed by atoms with E-state index >= 15 is 0 Å². The molecule has 1 fully saturated rings. The molecule has 2 rings (SSSR count). The van der Waals surface area contributed by atoms with Crippen molar-refractivity contribution in [3.63, 3.8) is 0 Å². The van der Waals surface area contributed by atoms with Crippen LogP contribution in [0.5, 0.6) is 0 Å². The Hall–Kier alpha value is -1.75. The van der Waals surface area contributed by atoms with Gasteiger partial charge in [-0.05, 0) is 5.56 Å². The number of carbonyl (C=O) groups is 2. The van der Waals surface area contributed by atoms with Crippen LogP contribution in [-0.4, -0.2) is 30.0 Å². The zero-order valence-corrected chi connectivity index (χ0v) is 10.3. The Balaban J connectivity index is 1.77. The number of hydrogen-bond acceptors (Lipinski definition) is 3. The lowest BCUT2D eigenvalue weighted by Gasteiger charge is -2.35. The number of alkyl halides is 1. The first-order chi connectivity index (χ1) is 8.70. The Morgan fingerprint density at radius 1 is 1.39 bits per heavy atom. The van der Waals surface area contributed by atoms with Crippen LogP contribution < -0.4 is 10.6 Å². The maximum Gasteiger partial charge on any atom is 0.408 e. The highest BCUT2D eigenvalue weighted by Crippen LogP contribution is 2.08. The second-order valence-electron chi connectivity index (χ2n) is 3.95. The highest BCUT2D eigenvalue weighted by atomic mass is 35.5. The van der Waals surface area contributed by atoms with Gasteiger partial charge in [0.1, 0.15) is 12.6 Å². The summed E-state index contributed by atoms with van der Waals surface area (Å²) in [6.07, 6.45) is -0.617. The number of ether oxygens (including phenoxy) is 1. The number of alkyl carbamates (subject to hydrolysis) is 1. The lowest BCUT2D eigenvalue weighted by Crippen LogP contribution is -2.69.